The number of unbranched alkanes of at least 4 members (excludes halogenated alkanes) is 1. The van der Waals surface area contributed by atoms with Crippen molar-refractivity contribution in [3.05, 3.63) is 111 Å². The Kier molecular flexibility index (Phi) is 18.2. The predicted octanol–water partition coefficient (Wildman–Crippen LogP) is 5.89. The molecular weight excluding hydrogens is 993 g/mol. The third-order valence-electron chi connectivity index (χ3n) is 14.9. The molecule has 21 heteroatoms. The van der Waals surface area contributed by atoms with Gasteiger partial charge in [-0.2, -0.15) is 0 Å². The molecule has 3 amide bonds. The fraction of sp³-hybridized carbons (Fsp3) is 0.386. The van der Waals surface area contributed by atoms with Crippen molar-refractivity contribution in [1.82, 2.24) is 40.9 Å². The minimum absolute atomic E-state index is 0.0423. The maximum Gasteiger partial charge on any atom is 0.338 e. The number of carboxylic acids is 2. The molecule has 6 heterocycles. The van der Waals surface area contributed by atoms with Gasteiger partial charge in [0.2, 0.25) is 17.7 Å². The number of carboxylic acid groups (broad SMARTS) is 2. The number of aliphatic imine (C=N–C) groups is 2. The second-order valence-corrected chi connectivity index (χ2v) is 20.1. The molecule has 7 rings (SSSR count). The second kappa shape index (κ2) is 24.9. The number of nitrogens with two attached hydrogens (primary N) is 4. The number of carbonyl (C=O) groups excluding carboxylic acids is 3. The van der Waals surface area contributed by atoms with Crippen molar-refractivity contribution in [3.8, 4) is 0 Å². The fourth-order valence-corrected chi connectivity index (χ4v) is 10.6. The monoisotopic (exact) mass is 1060 g/mol. The van der Waals surface area contributed by atoms with E-state index < -0.39 is 53.7 Å². The molecule has 8 bridgehead atoms. The molecule has 0 saturated carbocycles. The summed E-state index contributed by atoms with van der Waals surface area (Å²) in [6.45, 7) is 16.2. The Labute approximate surface area is 452 Å². The zero-order valence-electron chi connectivity index (χ0n) is 45.1. The number of H-pyrrole nitrogens is 3. The summed E-state index contributed by atoms with van der Waals surface area (Å²) in [5.74, 6) is -5.23. The summed E-state index contributed by atoms with van der Waals surface area (Å²) in [6.07, 6.45) is 5.59. The fourth-order valence-electron chi connectivity index (χ4n) is 10.6. The molecule has 5 atom stereocenters. The Morgan fingerprint density at radius 1 is 0.769 bits per heavy atom. The molecule has 0 fully saturated rings. The quantitative estimate of drug-likeness (QED) is 0.0207. The minimum atomic E-state index is -1.35. The molecular formula is C57H72N14O7. The Balaban J connectivity index is 1.20. The van der Waals surface area contributed by atoms with E-state index in [-0.39, 0.29) is 80.7 Å². The molecule has 1 aromatic carbocycles. The Bertz CT molecular complexity index is 3410. The van der Waals surface area contributed by atoms with Crippen LogP contribution in [-0.2, 0) is 36.8 Å². The number of aromatic amines is 3. The first-order valence-electron chi connectivity index (χ1n) is 26.3. The van der Waals surface area contributed by atoms with Gasteiger partial charge in [0.25, 0.3) is 0 Å². The van der Waals surface area contributed by atoms with Crippen LogP contribution in [0.25, 0.3) is 50.2 Å². The van der Waals surface area contributed by atoms with Crippen LogP contribution in [0.3, 0.4) is 0 Å². The van der Waals surface area contributed by atoms with E-state index in [1.807, 2.05) is 63.2 Å². The number of guanidine groups is 2. The molecule has 4 aromatic heterocycles. The minimum Gasteiger partial charge on any atom is -0.480 e. The highest BCUT2D eigenvalue weighted by Gasteiger charge is 2.35. The first kappa shape index (κ1) is 57.0. The lowest BCUT2D eigenvalue weighted by Gasteiger charge is -2.25. The van der Waals surface area contributed by atoms with Gasteiger partial charge in [-0.15, -0.1) is 0 Å². The lowest BCUT2D eigenvalue weighted by Crippen LogP contribution is -2.56. The number of amides is 3. The van der Waals surface area contributed by atoms with Crippen LogP contribution in [0.2, 0.25) is 0 Å². The largest absolute Gasteiger partial charge is 0.480 e. The summed E-state index contributed by atoms with van der Waals surface area (Å²) < 4.78 is 0. The summed E-state index contributed by atoms with van der Waals surface area (Å²) in [5.41, 5.74) is 34.3. The van der Waals surface area contributed by atoms with Crippen LogP contribution in [0.4, 0.5) is 0 Å². The summed E-state index contributed by atoms with van der Waals surface area (Å²) in [7, 11) is 0. The topological polar surface area (TPSA) is 364 Å². The van der Waals surface area contributed by atoms with Crippen molar-refractivity contribution in [3.63, 3.8) is 0 Å². The van der Waals surface area contributed by atoms with E-state index in [0.717, 1.165) is 61.6 Å². The molecule has 0 aliphatic carbocycles. The molecule has 78 heavy (non-hydrogen) atoms. The lowest BCUT2D eigenvalue weighted by atomic mass is 9.85. The van der Waals surface area contributed by atoms with Gasteiger partial charge in [0.05, 0.1) is 17.0 Å². The van der Waals surface area contributed by atoms with E-state index in [1.165, 1.54) is 0 Å². The highest BCUT2D eigenvalue weighted by Crippen LogP contribution is 2.43. The average molecular weight is 1070 g/mol. The molecule has 2 aliphatic heterocycles. The number of aryl methyl sites for hydroxylation is 3. The number of allylic oxidation sites excluding steroid dienone is 1. The number of hydrogen-bond acceptors (Lipinski definition) is 9. The van der Waals surface area contributed by atoms with E-state index >= 15 is 0 Å². The number of hydrogen-bond donors (Lipinski definition) is 12. The van der Waals surface area contributed by atoms with Crippen molar-refractivity contribution in [1.29, 1.82) is 0 Å². The third kappa shape index (κ3) is 12.9. The van der Waals surface area contributed by atoms with Gasteiger partial charge in [0, 0.05) is 93.9 Å². The first-order chi connectivity index (χ1) is 37.2. The maximum absolute atomic E-state index is 14.4. The van der Waals surface area contributed by atoms with E-state index in [4.69, 9.17) is 32.9 Å². The van der Waals surface area contributed by atoms with Crippen molar-refractivity contribution in [2.24, 2.45) is 32.9 Å². The van der Waals surface area contributed by atoms with E-state index in [0.29, 0.717) is 46.6 Å². The van der Waals surface area contributed by atoms with Crippen LogP contribution < -0.4 is 38.9 Å². The molecule has 0 unspecified atom stereocenters. The van der Waals surface area contributed by atoms with E-state index in [2.05, 4.69) is 67.4 Å². The third-order valence-corrected chi connectivity index (χ3v) is 14.9. The van der Waals surface area contributed by atoms with Gasteiger partial charge in [-0.1, -0.05) is 44.7 Å². The summed E-state index contributed by atoms with van der Waals surface area (Å²) in [4.78, 5) is 97.2. The molecule has 412 valence electrons. The molecule has 21 nitrogen and oxygen atoms in total. The van der Waals surface area contributed by atoms with Gasteiger partial charge in [-0.25, -0.2) is 14.6 Å². The van der Waals surface area contributed by atoms with Crippen molar-refractivity contribution in [2.75, 3.05) is 13.1 Å². The van der Waals surface area contributed by atoms with Gasteiger partial charge in [0.1, 0.15) is 18.1 Å². The zero-order chi connectivity index (χ0) is 56.5. The number of benzene rings is 1. The highest BCUT2D eigenvalue weighted by molar-refractivity contribution is 6.24. The maximum atomic E-state index is 14.4. The number of rotatable bonds is 23. The van der Waals surface area contributed by atoms with Crippen molar-refractivity contribution < 1.29 is 34.2 Å². The van der Waals surface area contributed by atoms with Crippen LogP contribution in [0.15, 0.2) is 65.2 Å². The number of carbonyl (C=O) groups is 5. The lowest BCUT2D eigenvalue weighted by molar-refractivity contribution is -0.142. The molecule has 0 spiro atoms. The van der Waals surface area contributed by atoms with Gasteiger partial charge < -0.3 is 64.1 Å². The highest BCUT2D eigenvalue weighted by atomic mass is 16.4. The van der Waals surface area contributed by atoms with Crippen LogP contribution in [0, 0.1) is 20.8 Å². The van der Waals surface area contributed by atoms with Crippen LogP contribution in [0.5, 0.6) is 0 Å². The van der Waals surface area contributed by atoms with Crippen LogP contribution in [-0.4, -0.2) is 108 Å². The standard InChI is InChI=1S/C57H72N14O7/c1-8-34-28(3)41-24-43-30(5)36(50(68-43)32(7)51-49(55(77)78)31(6)44(69-51)26-46-35(9-2)29(4)42(66-46)25-45(34)65-41)19-20-48(72)67-39(18-14-22-63-57(60)61)52(73)70-40(17-12-13-21-62-56(58)59)53(74)71-47(54(75)76)23-33-27-64-38-16-11-10-15-37(33)38/h8,10-11,15-16,24-27,30,36,39-40,47,64-66H,1,9,12-14,17-23H2,2-7H3,(H,67,72)(H,70,73)(H,71,74)(H,75,76)(H,77,78)(H4,58,59,62)(H4,60,61,63)/t30-,36-,39-,40-,47-/m0/s1. The molecule has 0 radical (unpaired) electrons. The van der Waals surface area contributed by atoms with E-state index in [1.54, 1.807) is 13.1 Å². The number of nitrogens with zero attached hydrogens (tertiary/aromatic N) is 4. The molecule has 2 aliphatic rings. The Morgan fingerprint density at radius 3 is 2.08 bits per heavy atom. The van der Waals surface area contributed by atoms with Gasteiger partial charge in [0.15, 0.2) is 11.9 Å². The number of para-hydroxylation sites is 1. The Morgan fingerprint density at radius 2 is 1.41 bits per heavy atom. The molecule has 16 N–H and O–H groups in total. The van der Waals surface area contributed by atoms with Gasteiger partial charge >= 0.3 is 11.9 Å². The Hall–Kier alpha value is -8.75. The first-order valence-corrected chi connectivity index (χ1v) is 26.3. The predicted molar refractivity (Wildman–Crippen MR) is 305 cm³/mol. The molecule has 5 aromatic rings. The van der Waals surface area contributed by atoms with Crippen molar-refractivity contribution >= 4 is 91.8 Å². The summed E-state index contributed by atoms with van der Waals surface area (Å²) in [5, 5.41) is 30.2. The molecule has 0 saturated heterocycles. The van der Waals surface area contributed by atoms with Gasteiger partial charge in [-0.05, 0) is 130 Å². The number of aliphatic carboxylic acids is 2. The smallest absolute Gasteiger partial charge is 0.338 e. The summed E-state index contributed by atoms with van der Waals surface area (Å²) in [6, 6.07) is 9.58. The summed E-state index contributed by atoms with van der Waals surface area (Å²) >= 11 is 0. The number of nitrogens with one attached hydrogen (secondary N) is 6. The normalized spacial score (nSPS) is 15.3. The SMILES string of the molecule is C=Cc1c(C)c2cc3nc(c(C)c4nc(cc5[nH]c(cc1[nH]2)c(C)c5CC)C(C)=C4C(=O)O)[C@@H](CCC(=O)N[C@@H](CCCN=C(N)N)C(=O)N[C@@H](CCCCN=C(N)N)C(=O)N[C@@H](Cc1c[nH]c2ccccc12)C(=O)O)[C@@H]3C. The van der Waals surface area contributed by atoms with E-state index in [9.17, 15) is 34.2 Å². The van der Waals surface area contributed by atoms with Crippen LogP contribution in [0.1, 0.15) is 134 Å². The van der Waals surface area contributed by atoms with Crippen molar-refractivity contribution in [2.45, 2.75) is 129 Å². The average Bonchev–Trinajstić information content (AvgIpc) is 4.27. The van der Waals surface area contributed by atoms with Crippen LogP contribution >= 0.6 is 0 Å². The second-order valence-electron chi connectivity index (χ2n) is 20.1. The van der Waals surface area contributed by atoms with Gasteiger partial charge in [-0.3, -0.25) is 29.4 Å². The zero-order valence-corrected chi connectivity index (χ0v) is 45.1. The number of aromatic nitrogens is 5. The number of fused-ring (bicyclic) bond motifs is 9.